The number of methoxy groups -OCH3 is 1. The van der Waals surface area contributed by atoms with Crippen LogP contribution in [0.2, 0.25) is 0 Å². The highest BCUT2D eigenvalue weighted by molar-refractivity contribution is 5.93. The molecule has 19 heavy (non-hydrogen) atoms. The summed E-state index contributed by atoms with van der Waals surface area (Å²) in [5.41, 5.74) is 5.53. The maximum absolute atomic E-state index is 11.7. The molecule has 0 aromatic heterocycles. The minimum absolute atomic E-state index is 0.0133. The molecule has 0 amide bonds. The third kappa shape index (κ3) is 1.60. The lowest BCUT2D eigenvalue weighted by Crippen LogP contribution is -2.15. The first kappa shape index (κ1) is 12.0. The summed E-state index contributed by atoms with van der Waals surface area (Å²) in [5, 5.41) is 0. The van der Waals surface area contributed by atoms with Crippen molar-refractivity contribution in [2.45, 2.75) is 19.3 Å². The second-order valence-corrected chi connectivity index (χ2v) is 5.42. The number of carbonyl (C=O) groups is 1. The highest BCUT2D eigenvalue weighted by atomic mass is 16.5. The molecule has 2 heteroatoms. The van der Waals surface area contributed by atoms with Crippen molar-refractivity contribution in [3.8, 4) is 11.1 Å². The Morgan fingerprint density at radius 3 is 2.42 bits per heavy atom. The summed E-state index contributed by atoms with van der Waals surface area (Å²) in [4.78, 5) is 11.7. The molecule has 0 spiro atoms. The molecule has 0 saturated heterocycles. The van der Waals surface area contributed by atoms with Gasteiger partial charge in [0.25, 0.3) is 0 Å². The molecular weight excluding hydrogens is 236 g/mol. The quantitative estimate of drug-likeness (QED) is 0.722. The second-order valence-electron chi connectivity index (χ2n) is 5.42. The molecule has 96 valence electrons. The smallest absolute Gasteiger partial charge is 0.337 e. The molecule has 1 aliphatic rings. The van der Waals surface area contributed by atoms with Crippen LogP contribution in [0, 0.1) is 0 Å². The van der Waals surface area contributed by atoms with Crippen molar-refractivity contribution >= 4 is 5.97 Å². The zero-order valence-corrected chi connectivity index (χ0v) is 11.4. The Hall–Kier alpha value is -2.09. The molecule has 2 aromatic carbocycles. The minimum Gasteiger partial charge on any atom is -0.465 e. The highest BCUT2D eigenvalue weighted by Gasteiger charge is 2.35. The van der Waals surface area contributed by atoms with Gasteiger partial charge in [-0.3, -0.25) is 0 Å². The number of rotatable bonds is 1. The Labute approximate surface area is 113 Å². The van der Waals surface area contributed by atoms with Gasteiger partial charge in [0.05, 0.1) is 12.7 Å². The Morgan fingerprint density at radius 1 is 1.00 bits per heavy atom. The van der Waals surface area contributed by atoms with Crippen LogP contribution >= 0.6 is 0 Å². The Balaban J connectivity index is 2.26. The molecule has 0 radical (unpaired) electrons. The number of benzene rings is 2. The number of carbonyl (C=O) groups excluding carboxylic acids is 1. The van der Waals surface area contributed by atoms with E-state index >= 15 is 0 Å². The molecule has 0 N–H and O–H groups in total. The molecule has 0 aliphatic heterocycles. The minimum atomic E-state index is -0.287. The molecule has 0 atom stereocenters. The first-order valence-electron chi connectivity index (χ1n) is 6.38. The van der Waals surface area contributed by atoms with Gasteiger partial charge in [0.15, 0.2) is 0 Å². The molecule has 0 unspecified atom stereocenters. The predicted octanol–water partition coefficient (Wildman–Crippen LogP) is 3.78. The SMILES string of the molecule is COC(=O)c1ccc2c(c1)-c1ccccc1C2(C)C. The Morgan fingerprint density at radius 2 is 1.68 bits per heavy atom. The fourth-order valence-electron chi connectivity index (χ4n) is 2.96. The van der Waals surface area contributed by atoms with E-state index in [-0.39, 0.29) is 11.4 Å². The highest BCUT2D eigenvalue weighted by Crippen LogP contribution is 2.48. The Bertz CT molecular complexity index is 669. The molecule has 2 aromatic rings. The van der Waals surface area contributed by atoms with Gasteiger partial charge in [-0.15, -0.1) is 0 Å². The molecule has 0 saturated carbocycles. The number of hydrogen-bond donors (Lipinski definition) is 0. The fraction of sp³-hybridized carbons (Fsp3) is 0.235. The maximum atomic E-state index is 11.7. The van der Waals surface area contributed by atoms with Crippen molar-refractivity contribution in [2.24, 2.45) is 0 Å². The van der Waals surface area contributed by atoms with Crippen LogP contribution in [0.5, 0.6) is 0 Å². The molecule has 0 fully saturated rings. The van der Waals surface area contributed by atoms with E-state index in [0.717, 1.165) is 5.56 Å². The van der Waals surface area contributed by atoms with Crippen LogP contribution in [-0.2, 0) is 10.2 Å². The third-order valence-electron chi connectivity index (χ3n) is 4.00. The van der Waals surface area contributed by atoms with E-state index in [0.29, 0.717) is 5.56 Å². The van der Waals surface area contributed by atoms with Gasteiger partial charge in [0.2, 0.25) is 0 Å². The van der Waals surface area contributed by atoms with Gasteiger partial charge in [0, 0.05) is 5.41 Å². The van der Waals surface area contributed by atoms with Gasteiger partial charge in [-0.25, -0.2) is 4.79 Å². The van der Waals surface area contributed by atoms with Crippen molar-refractivity contribution in [1.82, 2.24) is 0 Å². The van der Waals surface area contributed by atoms with Crippen LogP contribution in [0.15, 0.2) is 42.5 Å². The monoisotopic (exact) mass is 252 g/mol. The lowest BCUT2D eigenvalue weighted by molar-refractivity contribution is 0.0601. The lowest BCUT2D eigenvalue weighted by Gasteiger charge is -2.21. The normalized spacial score (nSPS) is 14.7. The van der Waals surface area contributed by atoms with Crippen LogP contribution in [0.1, 0.15) is 35.3 Å². The van der Waals surface area contributed by atoms with Crippen LogP contribution in [-0.4, -0.2) is 13.1 Å². The lowest BCUT2D eigenvalue weighted by atomic mass is 9.82. The molecule has 2 nitrogen and oxygen atoms in total. The van der Waals surface area contributed by atoms with Gasteiger partial charge in [-0.1, -0.05) is 44.2 Å². The molecule has 3 rings (SSSR count). The fourth-order valence-corrected chi connectivity index (χ4v) is 2.96. The van der Waals surface area contributed by atoms with Gasteiger partial charge in [0.1, 0.15) is 0 Å². The van der Waals surface area contributed by atoms with Crippen LogP contribution in [0.3, 0.4) is 0 Å². The number of fused-ring (bicyclic) bond motifs is 3. The van der Waals surface area contributed by atoms with Crippen LogP contribution in [0.25, 0.3) is 11.1 Å². The van der Waals surface area contributed by atoms with Gasteiger partial charge in [-0.05, 0) is 34.4 Å². The van der Waals surface area contributed by atoms with Gasteiger partial charge >= 0.3 is 5.97 Å². The molecular formula is C17H16O2. The van der Waals surface area contributed by atoms with Crippen molar-refractivity contribution < 1.29 is 9.53 Å². The molecule has 0 heterocycles. The van der Waals surface area contributed by atoms with Gasteiger partial charge in [-0.2, -0.15) is 0 Å². The standard InChI is InChI=1S/C17H16O2/c1-17(2)14-7-5-4-6-12(14)13-10-11(16(18)19-3)8-9-15(13)17/h4-10H,1-3H3. The number of esters is 1. The summed E-state index contributed by atoms with van der Waals surface area (Å²) in [6, 6.07) is 14.2. The topological polar surface area (TPSA) is 26.3 Å². The van der Waals surface area contributed by atoms with Crippen molar-refractivity contribution in [3.05, 3.63) is 59.2 Å². The number of hydrogen-bond acceptors (Lipinski definition) is 2. The van der Waals surface area contributed by atoms with E-state index in [4.69, 9.17) is 4.74 Å². The summed E-state index contributed by atoms with van der Waals surface area (Å²) >= 11 is 0. The van der Waals surface area contributed by atoms with Crippen molar-refractivity contribution in [2.75, 3.05) is 7.11 Å². The van der Waals surface area contributed by atoms with E-state index in [2.05, 4.69) is 32.0 Å². The largest absolute Gasteiger partial charge is 0.465 e. The van der Waals surface area contributed by atoms with Gasteiger partial charge < -0.3 is 4.74 Å². The molecule has 1 aliphatic carbocycles. The first-order chi connectivity index (χ1) is 9.05. The van der Waals surface area contributed by atoms with Crippen molar-refractivity contribution in [1.29, 1.82) is 0 Å². The summed E-state index contributed by atoms with van der Waals surface area (Å²) < 4.78 is 4.80. The average molecular weight is 252 g/mol. The zero-order valence-electron chi connectivity index (χ0n) is 11.4. The van der Waals surface area contributed by atoms with Crippen LogP contribution in [0.4, 0.5) is 0 Å². The average Bonchev–Trinajstić information content (AvgIpc) is 2.67. The third-order valence-corrected chi connectivity index (χ3v) is 4.00. The van der Waals surface area contributed by atoms with E-state index < -0.39 is 0 Å². The number of ether oxygens (including phenoxy) is 1. The summed E-state index contributed by atoms with van der Waals surface area (Å²) in [5.74, 6) is -0.287. The Kier molecular flexibility index (Phi) is 2.49. The maximum Gasteiger partial charge on any atom is 0.337 e. The first-order valence-corrected chi connectivity index (χ1v) is 6.38. The van der Waals surface area contributed by atoms with E-state index in [1.807, 2.05) is 24.3 Å². The summed E-state index contributed by atoms with van der Waals surface area (Å²) in [6.45, 7) is 4.44. The van der Waals surface area contributed by atoms with E-state index in [1.165, 1.54) is 23.8 Å². The second kappa shape index (κ2) is 3.95. The summed E-state index contributed by atoms with van der Waals surface area (Å²) in [7, 11) is 1.41. The predicted molar refractivity (Wildman–Crippen MR) is 75.3 cm³/mol. The van der Waals surface area contributed by atoms with Crippen molar-refractivity contribution in [3.63, 3.8) is 0 Å². The molecule has 0 bridgehead atoms. The zero-order chi connectivity index (χ0) is 13.6. The summed E-state index contributed by atoms with van der Waals surface area (Å²) in [6.07, 6.45) is 0. The van der Waals surface area contributed by atoms with Crippen LogP contribution < -0.4 is 0 Å². The van der Waals surface area contributed by atoms with E-state index in [9.17, 15) is 4.79 Å². The van der Waals surface area contributed by atoms with E-state index in [1.54, 1.807) is 0 Å².